The average Bonchev–Trinajstić information content (AvgIpc) is 2.78. The van der Waals surface area contributed by atoms with E-state index in [0.717, 1.165) is 24.9 Å². The Morgan fingerprint density at radius 1 is 0.690 bits per heavy atom. The van der Waals surface area contributed by atoms with Gasteiger partial charge in [-0.1, -0.05) is 89.5 Å². The fourth-order valence-electron chi connectivity index (χ4n) is 5.14. The molecule has 2 nitrogen and oxygen atoms in total. The number of rotatable bonds is 11. The minimum atomic E-state index is 0.116. The minimum Gasteiger partial charge on any atom is -0.373 e. The molecule has 2 atom stereocenters. The van der Waals surface area contributed by atoms with E-state index in [1.807, 2.05) is 0 Å². The Labute approximate surface area is 179 Å². The van der Waals surface area contributed by atoms with Crippen LogP contribution < -0.4 is 0 Å². The molecule has 2 aliphatic rings. The molecule has 1 aromatic carbocycles. The van der Waals surface area contributed by atoms with E-state index in [4.69, 9.17) is 9.47 Å². The molecule has 0 aromatic heterocycles. The highest BCUT2D eigenvalue weighted by Gasteiger charge is 2.25. The third-order valence-corrected chi connectivity index (χ3v) is 7.19. The van der Waals surface area contributed by atoms with Crippen LogP contribution in [0.15, 0.2) is 24.3 Å². The van der Waals surface area contributed by atoms with Crippen molar-refractivity contribution >= 4 is 0 Å². The first kappa shape index (κ1) is 22.8. The van der Waals surface area contributed by atoms with Crippen LogP contribution in [-0.4, -0.2) is 19.3 Å². The smallest absolute Gasteiger partial charge is 0.106 e. The van der Waals surface area contributed by atoms with Gasteiger partial charge in [0.2, 0.25) is 0 Å². The largest absolute Gasteiger partial charge is 0.373 e. The Hall–Kier alpha value is -0.860. The fourth-order valence-corrected chi connectivity index (χ4v) is 5.14. The second-order valence-corrected chi connectivity index (χ2v) is 9.51. The first-order valence-electron chi connectivity index (χ1n) is 12.6. The SMILES string of the molecule is CCCCCCCC1CCC(c2ccc([C@@H]3CO[C@@H](CCCC)CO3)cc2)CC1. The van der Waals surface area contributed by atoms with Crippen molar-refractivity contribution in [1.82, 2.24) is 0 Å². The van der Waals surface area contributed by atoms with Crippen LogP contribution in [0.5, 0.6) is 0 Å². The van der Waals surface area contributed by atoms with Gasteiger partial charge >= 0.3 is 0 Å². The van der Waals surface area contributed by atoms with Crippen molar-refractivity contribution in [3.05, 3.63) is 35.4 Å². The van der Waals surface area contributed by atoms with Crippen molar-refractivity contribution in [2.75, 3.05) is 13.2 Å². The molecule has 0 unspecified atom stereocenters. The summed E-state index contributed by atoms with van der Waals surface area (Å²) >= 11 is 0. The maximum Gasteiger partial charge on any atom is 0.106 e. The molecule has 0 amide bonds. The molecule has 0 spiro atoms. The number of ether oxygens (including phenoxy) is 2. The van der Waals surface area contributed by atoms with Crippen LogP contribution in [0.25, 0.3) is 0 Å². The Kier molecular flexibility index (Phi) is 10.0. The number of hydrogen-bond donors (Lipinski definition) is 0. The molecule has 0 N–H and O–H groups in total. The lowest BCUT2D eigenvalue weighted by atomic mass is 9.77. The van der Waals surface area contributed by atoms with Gasteiger partial charge in [0.25, 0.3) is 0 Å². The van der Waals surface area contributed by atoms with E-state index in [-0.39, 0.29) is 6.10 Å². The van der Waals surface area contributed by atoms with Crippen LogP contribution in [0.2, 0.25) is 0 Å². The predicted octanol–water partition coefficient (Wildman–Crippen LogP) is 7.97. The topological polar surface area (TPSA) is 18.5 Å². The summed E-state index contributed by atoms with van der Waals surface area (Å²) in [5, 5.41) is 0. The number of hydrogen-bond acceptors (Lipinski definition) is 2. The van der Waals surface area contributed by atoms with Gasteiger partial charge in [0.15, 0.2) is 0 Å². The van der Waals surface area contributed by atoms with Crippen LogP contribution in [0.3, 0.4) is 0 Å². The van der Waals surface area contributed by atoms with Gasteiger partial charge in [-0.2, -0.15) is 0 Å². The molecular formula is C27H44O2. The minimum absolute atomic E-state index is 0.116. The highest BCUT2D eigenvalue weighted by molar-refractivity contribution is 5.27. The maximum absolute atomic E-state index is 6.11. The molecule has 1 saturated heterocycles. The van der Waals surface area contributed by atoms with Gasteiger partial charge in [0.1, 0.15) is 6.10 Å². The van der Waals surface area contributed by atoms with E-state index >= 15 is 0 Å². The van der Waals surface area contributed by atoms with Gasteiger partial charge < -0.3 is 9.47 Å². The summed E-state index contributed by atoms with van der Waals surface area (Å²) in [6, 6.07) is 9.29. The van der Waals surface area contributed by atoms with Gasteiger partial charge in [-0.15, -0.1) is 0 Å². The highest BCUT2D eigenvalue weighted by atomic mass is 16.6. The zero-order valence-corrected chi connectivity index (χ0v) is 19.0. The zero-order valence-electron chi connectivity index (χ0n) is 19.0. The van der Waals surface area contributed by atoms with Crippen molar-refractivity contribution in [2.45, 2.75) is 115 Å². The van der Waals surface area contributed by atoms with Crippen LogP contribution in [0.4, 0.5) is 0 Å². The van der Waals surface area contributed by atoms with E-state index in [1.54, 1.807) is 0 Å². The third kappa shape index (κ3) is 7.40. The fraction of sp³-hybridized carbons (Fsp3) is 0.778. The molecule has 1 saturated carbocycles. The van der Waals surface area contributed by atoms with Gasteiger partial charge in [0.05, 0.1) is 19.3 Å². The van der Waals surface area contributed by atoms with Crippen LogP contribution >= 0.6 is 0 Å². The number of unbranched alkanes of at least 4 members (excludes halogenated alkanes) is 5. The molecular weight excluding hydrogens is 356 g/mol. The van der Waals surface area contributed by atoms with Gasteiger partial charge in [-0.25, -0.2) is 0 Å². The van der Waals surface area contributed by atoms with Crippen LogP contribution in [-0.2, 0) is 9.47 Å². The molecule has 1 aliphatic heterocycles. The molecule has 2 heteroatoms. The van der Waals surface area contributed by atoms with E-state index in [1.165, 1.54) is 88.2 Å². The summed E-state index contributed by atoms with van der Waals surface area (Å²) in [6.45, 7) is 5.98. The second-order valence-electron chi connectivity index (χ2n) is 9.51. The lowest BCUT2D eigenvalue weighted by Crippen LogP contribution is -2.31. The molecule has 164 valence electrons. The van der Waals surface area contributed by atoms with E-state index in [0.29, 0.717) is 12.7 Å². The Bertz CT molecular complexity index is 536. The molecule has 2 fully saturated rings. The van der Waals surface area contributed by atoms with Gasteiger partial charge in [-0.3, -0.25) is 0 Å². The van der Waals surface area contributed by atoms with Crippen molar-refractivity contribution in [3.63, 3.8) is 0 Å². The number of benzene rings is 1. The lowest BCUT2D eigenvalue weighted by molar-refractivity contribution is -0.137. The first-order chi connectivity index (χ1) is 14.3. The quantitative estimate of drug-likeness (QED) is 0.351. The first-order valence-corrected chi connectivity index (χ1v) is 12.6. The van der Waals surface area contributed by atoms with Crippen molar-refractivity contribution < 1.29 is 9.47 Å². The average molecular weight is 401 g/mol. The maximum atomic E-state index is 6.11. The molecule has 0 bridgehead atoms. The van der Waals surface area contributed by atoms with Crippen LogP contribution in [0.1, 0.15) is 120 Å². The normalized spacial score (nSPS) is 27.8. The summed E-state index contributed by atoms with van der Waals surface area (Å²) in [5.41, 5.74) is 2.82. The Morgan fingerprint density at radius 3 is 2.03 bits per heavy atom. The standard InChI is InChI=1S/C27H44O2/c1-3-5-7-8-9-10-22-12-14-23(15-13-22)24-16-18-25(19-17-24)27-21-28-26(20-29-27)11-6-4-2/h16-19,22-23,26-27H,3-15,20-21H2,1-2H3/t22?,23?,26-,27-/m0/s1. The molecule has 1 heterocycles. The second kappa shape index (κ2) is 12.7. The summed E-state index contributed by atoms with van der Waals surface area (Å²) in [6.07, 6.45) is 18.2. The molecule has 3 rings (SSSR count). The monoisotopic (exact) mass is 400 g/mol. The highest BCUT2D eigenvalue weighted by Crippen LogP contribution is 2.38. The summed E-state index contributed by atoms with van der Waals surface area (Å²) < 4.78 is 12.1. The van der Waals surface area contributed by atoms with E-state index in [2.05, 4.69) is 38.1 Å². The Balaban J connectivity index is 1.38. The van der Waals surface area contributed by atoms with Gasteiger partial charge in [0, 0.05) is 0 Å². The Morgan fingerprint density at radius 2 is 1.38 bits per heavy atom. The molecule has 1 aromatic rings. The summed E-state index contributed by atoms with van der Waals surface area (Å²) in [4.78, 5) is 0. The molecule has 29 heavy (non-hydrogen) atoms. The van der Waals surface area contributed by atoms with Crippen molar-refractivity contribution in [3.8, 4) is 0 Å². The molecule has 1 aliphatic carbocycles. The van der Waals surface area contributed by atoms with Gasteiger partial charge in [-0.05, 0) is 55.1 Å². The van der Waals surface area contributed by atoms with Crippen molar-refractivity contribution in [2.24, 2.45) is 5.92 Å². The van der Waals surface area contributed by atoms with E-state index < -0.39 is 0 Å². The van der Waals surface area contributed by atoms with Crippen molar-refractivity contribution in [1.29, 1.82) is 0 Å². The lowest BCUT2D eigenvalue weighted by Gasteiger charge is -2.31. The zero-order chi connectivity index (χ0) is 20.3. The molecule has 0 radical (unpaired) electrons. The third-order valence-electron chi connectivity index (χ3n) is 7.19. The van der Waals surface area contributed by atoms with Crippen LogP contribution in [0, 0.1) is 5.92 Å². The van der Waals surface area contributed by atoms with E-state index in [9.17, 15) is 0 Å². The summed E-state index contributed by atoms with van der Waals surface area (Å²) in [7, 11) is 0. The predicted molar refractivity (Wildman–Crippen MR) is 122 cm³/mol. The summed E-state index contributed by atoms with van der Waals surface area (Å²) in [5.74, 6) is 1.75.